The first-order valence-corrected chi connectivity index (χ1v) is 18.4. The molecule has 1 heterocycles. The maximum absolute atomic E-state index is 14.7. The van der Waals surface area contributed by atoms with Crippen molar-refractivity contribution in [1.82, 2.24) is 31.2 Å². The number of rotatable bonds is 14. The molecule has 0 aliphatic heterocycles. The Bertz CT molecular complexity index is 1390. The normalized spacial score (nSPS) is 25.7. The van der Waals surface area contributed by atoms with E-state index in [9.17, 15) is 28.8 Å². The molecule has 0 spiro atoms. The molecule has 49 heavy (non-hydrogen) atoms. The van der Waals surface area contributed by atoms with Gasteiger partial charge in [0, 0.05) is 24.4 Å². The van der Waals surface area contributed by atoms with E-state index in [2.05, 4.69) is 31.2 Å². The quantitative estimate of drug-likeness (QED) is 0.216. The Kier molecular flexibility index (Phi) is 11.9. The molecule has 4 aliphatic carbocycles. The molecule has 12 heteroatoms. The monoisotopic (exact) mass is 678 g/mol. The predicted molar refractivity (Wildman–Crippen MR) is 182 cm³/mol. The fourth-order valence-corrected chi connectivity index (χ4v) is 8.40. The van der Waals surface area contributed by atoms with Crippen molar-refractivity contribution in [3.63, 3.8) is 0 Å². The second-order valence-corrected chi connectivity index (χ2v) is 15.8. The van der Waals surface area contributed by atoms with E-state index in [1.165, 1.54) is 18.6 Å². The molecule has 0 radical (unpaired) electrons. The molecular weight excluding hydrogens is 624 g/mol. The Morgan fingerprint density at radius 1 is 0.878 bits per heavy atom. The van der Waals surface area contributed by atoms with Crippen molar-refractivity contribution >= 4 is 35.2 Å². The number of fused-ring (bicyclic) bond motifs is 1. The van der Waals surface area contributed by atoms with E-state index in [4.69, 9.17) is 0 Å². The second kappa shape index (κ2) is 15.9. The molecule has 4 saturated carbocycles. The average Bonchev–Trinajstić information content (AvgIpc) is 3.65. The number of ketones is 2. The number of amides is 4. The third-order valence-electron chi connectivity index (χ3n) is 11.1. The van der Waals surface area contributed by atoms with Gasteiger partial charge in [-0.25, -0.2) is 4.98 Å². The van der Waals surface area contributed by atoms with Crippen molar-refractivity contribution in [2.75, 3.05) is 0 Å². The van der Waals surface area contributed by atoms with Crippen LogP contribution in [0, 0.1) is 35.0 Å². The lowest BCUT2D eigenvalue weighted by molar-refractivity contribution is -0.142. The van der Waals surface area contributed by atoms with Crippen LogP contribution in [0.25, 0.3) is 0 Å². The van der Waals surface area contributed by atoms with Gasteiger partial charge in [-0.2, -0.15) is 0 Å². The van der Waals surface area contributed by atoms with Gasteiger partial charge in [-0.05, 0) is 68.1 Å². The number of nitrogens with one attached hydrogen (secondary N) is 4. The predicted octanol–water partition coefficient (Wildman–Crippen LogP) is 3.44. The Morgan fingerprint density at radius 2 is 1.61 bits per heavy atom. The van der Waals surface area contributed by atoms with Crippen LogP contribution in [0.5, 0.6) is 0 Å². The molecule has 0 bridgehead atoms. The number of nitrogens with zero attached hydrogens (tertiary/aromatic N) is 2. The van der Waals surface area contributed by atoms with E-state index < -0.39 is 58.9 Å². The van der Waals surface area contributed by atoms with E-state index in [1.54, 1.807) is 0 Å². The van der Waals surface area contributed by atoms with Crippen molar-refractivity contribution in [2.24, 2.45) is 35.0 Å². The summed E-state index contributed by atoms with van der Waals surface area (Å²) >= 11 is 0. The van der Waals surface area contributed by atoms with Crippen LogP contribution in [-0.4, -0.2) is 69.3 Å². The van der Waals surface area contributed by atoms with Crippen LogP contribution in [0.4, 0.5) is 0 Å². The number of hydrogen-bond donors (Lipinski definition) is 4. The molecule has 7 atom stereocenters. The summed E-state index contributed by atoms with van der Waals surface area (Å²) in [4.78, 5) is 90.0. The van der Waals surface area contributed by atoms with Gasteiger partial charge in [0.25, 0.3) is 11.8 Å². The zero-order valence-electron chi connectivity index (χ0n) is 29.5. The first-order valence-electron chi connectivity index (χ1n) is 18.4. The molecular formula is C37H54N6O6. The van der Waals surface area contributed by atoms with Gasteiger partial charge in [0.1, 0.15) is 11.7 Å². The summed E-state index contributed by atoms with van der Waals surface area (Å²) in [5.41, 5.74) is -0.588. The van der Waals surface area contributed by atoms with Crippen LogP contribution in [0.1, 0.15) is 122 Å². The zero-order chi connectivity index (χ0) is 35.3. The molecule has 268 valence electrons. The largest absolute Gasteiger partial charge is 0.347 e. The van der Waals surface area contributed by atoms with Crippen LogP contribution in [0.2, 0.25) is 0 Å². The first-order chi connectivity index (χ1) is 23.4. The molecule has 4 N–H and O–H groups in total. The van der Waals surface area contributed by atoms with Gasteiger partial charge in [-0.3, -0.25) is 33.8 Å². The van der Waals surface area contributed by atoms with Gasteiger partial charge in [0.2, 0.25) is 17.6 Å². The molecule has 4 fully saturated rings. The Balaban J connectivity index is 1.36. The van der Waals surface area contributed by atoms with E-state index in [0.717, 1.165) is 64.2 Å². The summed E-state index contributed by atoms with van der Waals surface area (Å²) in [6.07, 6.45) is 14.6. The van der Waals surface area contributed by atoms with Gasteiger partial charge in [-0.15, -0.1) is 0 Å². The highest BCUT2D eigenvalue weighted by molar-refractivity contribution is 6.38. The smallest absolute Gasteiger partial charge is 0.289 e. The van der Waals surface area contributed by atoms with Gasteiger partial charge in [0.15, 0.2) is 5.78 Å². The number of carbonyl (C=O) groups excluding carboxylic acids is 6. The van der Waals surface area contributed by atoms with Gasteiger partial charge >= 0.3 is 0 Å². The number of hydrogen-bond acceptors (Lipinski definition) is 8. The molecule has 4 aliphatic rings. The lowest BCUT2D eigenvalue weighted by Gasteiger charge is -2.37. The summed E-state index contributed by atoms with van der Waals surface area (Å²) in [6, 6.07) is -2.72. The summed E-state index contributed by atoms with van der Waals surface area (Å²) in [7, 11) is 0. The van der Waals surface area contributed by atoms with E-state index in [-0.39, 0.29) is 41.2 Å². The zero-order valence-corrected chi connectivity index (χ0v) is 29.5. The van der Waals surface area contributed by atoms with Crippen molar-refractivity contribution in [3.05, 3.63) is 24.3 Å². The maximum Gasteiger partial charge on any atom is 0.289 e. The van der Waals surface area contributed by atoms with Crippen LogP contribution >= 0.6 is 0 Å². The second-order valence-electron chi connectivity index (χ2n) is 15.8. The van der Waals surface area contributed by atoms with Crippen molar-refractivity contribution < 1.29 is 28.8 Å². The van der Waals surface area contributed by atoms with Crippen molar-refractivity contribution in [2.45, 2.75) is 135 Å². The standard InChI is InChI=1S/C37H54N6O6/c1-5-10-26(31(45)36(49)40-23-15-16-23)41-34(47)28-24-14-9-13-22(24)19-25(28)30(44)32(37(2,3)4)43-35(48)29(21-11-7-6-8-12-21)42-33(46)27-20-38-17-18-39-27/h17-18,20-26,28-29,32H,5-16,19H2,1-4H3,(H,40,49)(H,41,47)(H,42,46)(H,43,48)/t22-,24-,25?,26-,28+,29-,32+/m0/s1. The maximum atomic E-state index is 14.7. The van der Waals surface area contributed by atoms with E-state index in [0.29, 0.717) is 19.3 Å². The SMILES string of the molecule is CCC[C@H](NC(=O)[C@H]1C(C(=O)[C@@H](NC(=O)[C@@H](NC(=O)c2cnccn2)C2CCCCC2)C(C)(C)C)C[C@@H]2CCC[C@@H]21)C(=O)C(=O)NC1CC1. The molecule has 4 amide bonds. The summed E-state index contributed by atoms with van der Waals surface area (Å²) in [5, 5.41) is 11.6. The van der Waals surface area contributed by atoms with Crippen LogP contribution < -0.4 is 21.3 Å². The molecule has 12 nitrogen and oxygen atoms in total. The van der Waals surface area contributed by atoms with E-state index in [1.807, 2.05) is 27.7 Å². The topological polar surface area (TPSA) is 176 Å². The average molecular weight is 679 g/mol. The minimum Gasteiger partial charge on any atom is -0.347 e. The lowest BCUT2D eigenvalue weighted by atomic mass is 9.75. The number of Topliss-reactive ketones (excluding diaryl/α,β-unsaturated/α-hetero) is 2. The fourth-order valence-electron chi connectivity index (χ4n) is 8.40. The molecule has 1 aromatic heterocycles. The highest BCUT2D eigenvalue weighted by atomic mass is 16.2. The third kappa shape index (κ3) is 8.91. The third-order valence-corrected chi connectivity index (χ3v) is 11.1. The minimum atomic E-state index is -0.959. The minimum absolute atomic E-state index is 0.0100. The van der Waals surface area contributed by atoms with Crippen LogP contribution in [-0.2, 0) is 24.0 Å². The molecule has 0 aromatic carbocycles. The number of aromatic nitrogens is 2. The Morgan fingerprint density at radius 3 is 2.24 bits per heavy atom. The van der Waals surface area contributed by atoms with Gasteiger partial charge in [0.05, 0.1) is 24.2 Å². The van der Waals surface area contributed by atoms with Crippen LogP contribution in [0.15, 0.2) is 18.6 Å². The number of carbonyl (C=O) groups is 6. The summed E-state index contributed by atoms with van der Waals surface area (Å²) < 4.78 is 0. The van der Waals surface area contributed by atoms with E-state index >= 15 is 0 Å². The lowest BCUT2D eigenvalue weighted by Crippen LogP contribution is -2.59. The Hall–Kier alpha value is -3.70. The highest BCUT2D eigenvalue weighted by Crippen LogP contribution is 2.52. The molecule has 5 rings (SSSR count). The van der Waals surface area contributed by atoms with Gasteiger partial charge in [-0.1, -0.05) is 66.2 Å². The molecule has 0 saturated heterocycles. The Labute approximate surface area is 289 Å². The molecule has 1 aromatic rings. The fraction of sp³-hybridized carbons (Fsp3) is 0.730. The summed E-state index contributed by atoms with van der Waals surface area (Å²) in [6.45, 7) is 7.57. The molecule has 1 unspecified atom stereocenters. The first kappa shape index (κ1) is 36.6. The summed E-state index contributed by atoms with van der Waals surface area (Å²) in [5.74, 6) is -4.05. The van der Waals surface area contributed by atoms with Gasteiger partial charge < -0.3 is 21.3 Å². The van der Waals surface area contributed by atoms with Crippen molar-refractivity contribution in [3.8, 4) is 0 Å². The highest BCUT2D eigenvalue weighted by Gasteiger charge is 2.54. The van der Waals surface area contributed by atoms with Crippen LogP contribution in [0.3, 0.4) is 0 Å². The van der Waals surface area contributed by atoms with Crippen molar-refractivity contribution in [1.29, 1.82) is 0 Å².